The highest BCUT2D eigenvalue weighted by atomic mass is 16.7. The van der Waals surface area contributed by atoms with E-state index >= 15 is 0 Å². The zero-order chi connectivity index (χ0) is 72.2. The molecule has 14 heteroatoms. The first-order valence-electron chi connectivity index (χ1n) is 39.7. The van der Waals surface area contributed by atoms with Crippen LogP contribution in [0.25, 0.3) is 0 Å². The van der Waals surface area contributed by atoms with E-state index in [0.717, 1.165) is 103 Å². The molecule has 0 aliphatic carbocycles. The van der Waals surface area contributed by atoms with Crippen LogP contribution in [0.1, 0.15) is 284 Å². The molecule has 0 spiro atoms. The smallest absolute Gasteiger partial charge is 0.220 e. The van der Waals surface area contributed by atoms with Gasteiger partial charge in [-0.1, -0.05) is 313 Å². The summed E-state index contributed by atoms with van der Waals surface area (Å²) in [6.07, 6.45) is 87.5. The number of amides is 1. The Morgan fingerprint density at radius 3 is 1.10 bits per heavy atom. The van der Waals surface area contributed by atoms with Crippen molar-refractivity contribution in [2.45, 2.75) is 357 Å². The molecule has 570 valence electrons. The third-order valence-corrected chi connectivity index (χ3v) is 18.2. The van der Waals surface area contributed by atoms with Gasteiger partial charge in [0.05, 0.1) is 32.0 Å². The lowest BCUT2D eigenvalue weighted by Gasteiger charge is -2.46. The average molecular weight is 1400 g/mol. The van der Waals surface area contributed by atoms with Gasteiger partial charge in [-0.3, -0.25) is 4.79 Å². The van der Waals surface area contributed by atoms with E-state index in [0.29, 0.717) is 12.8 Å². The molecule has 2 aliphatic rings. The predicted molar refractivity (Wildman–Crippen MR) is 414 cm³/mol. The molecule has 0 saturated carbocycles. The molecule has 2 saturated heterocycles. The maximum Gasteiger partial charge on any atom is 0.220 e. The van der Waals surface area contributed by atoms with Crippen LogP contribution in [0.5, 0.6) is 0 Å². The van der Waals surface area contributed by atoms with E-state index in [1.807, 2.05) is 6.08 Å². The molecule has 0 radical (unpaired) electrons. The SMILES string of the molecule is CC/C=C\C/C=C\C/C=C\C/C=C\C/C=C\C/C=C\C/C=C\C/C=C\C/C=C\C/C=C\CCCCC(=O)NC(COC1OC(CO)C(OC2OC(CO)C(O)C(O)C2O)C(O)C1O)C(O)/C=C/CC/C=C/CC/C=C/CCCCCCCCCCCCCCCCCCCCCCCCC. The summed E-state index contributed by atoms with van der Waals surface area (Å²) < 4.78 is 22.8. The molecule has 100 heavy (non-hydrogen) atoms. The Morgan fingerprint density at radius 2 is 0.700 bits per heavy atom. The number of carbonyl (C=O) groups excluding carboxylic acids is 1. The summed E-state index contributed by atoms with van der Waals surface area (Å²) in [5.74, 6) is -0.300. The summed E-state index contributed by atoms with van der Waals surface area (Å²) in [6, 6.07) is -0.977. The van der Waals surface area contributed by atoms with Crippen LogP contribution in [0.2, 0.25) is 0 Å². The van der Waals surface area contributed by atoms with E-state index in [1.54, 1.807) is 6.08 Å². The van der Waals surface area contributed by atoms with Crippen molar-refractivity contribution < 1.29 is 64.6 Å². The van der Waals surface area contributed by atoms with Crippen LogP contribution in [0.3, 0.4) is 0 Å². The van der Waals surface area contributed by atoms with Gasteiger partial charge in [0, 0.05) is 6.42 Å². The van der Waals surface area contributed by atoms with Crippen molar-refractivity contribution in [2.24, 2.45) is 0 Å². The molecule has 2 aliphatic heterocycles. The van der Waals surface area contributed by atoms with E-state index in [1.165, 1.54) is 148 Å². The van der Waals surface area contributed by atoms with E-state index in [2.05, 4.69) is 165 Å². The first-order chi connectivity index (χ1) is 49.1. The van der Waals surface area contributed by atoms with Crippen molar-refractivity contribution in [3.63, 3.8) is 0 Å². The molecule has 9 N–H and O–H groups in total. The Bertz CT molecular complexity index is 2290. The summed E-state index contributed by atoms with van der Waals surface area (Å²) in [5.41, 5.74) is 0. The number of unbranched alkanes of at least 4 members (excludes halogenated alkanes) is 27. The normalized spacial score (nSPS) is 22.7. The van der Waals surface area contributed by atoms with Crippen LogP contribution in [0.15, 0.2) is 158 Å². The third kappa shape index (κ3) is 50.1. The first kappa shape index (κ1) is 91.7. The fourth-order valence-corrected chi connectivity index (χ4v) is 11.9. The van der Waals surface area contributed by atoms with Gasteiger partial charge in [0.15, 0.2) is 12.6 Å². The molecule has 0 aromatic carbocycles. The second kappa shape index (κ2) is 67.8. The van der Waals surface area contributed by atoms with Crippen LogP contribution in [0.4, 0.5) is 0 Å². The van der Waals surface area contributed by atoms with Gasteiger partial charge in [0.25, 0.3) is 0 Å². The van der Waals surface area contributed by atoms with Crippen molar-refractivity contribution in [1.29, 1.82) is 0 Å². The summed E-state index contributed by atoms with van der Waals surface area (Å²) in [7, 11) is 0. The van der Waals surface area contributed by atoms with E-state index in [4.69, 9.17) is 18.9 Å². The second-order valence-electron chi connectivity index (χ2n) is 27.1. The number of allylic oxidation sites excluding steroid dienone is 25. The van der Waals surface area contributed by atoms with Crippen LogP contribution in [0, 0.1) is 0 Å². The number of rotatable bonds is 64. The van der Waals surface area contributed by atoms with Crippen molar-refractivity contribution in [3.8, 4) is 0 Å². The summed E-state index contributed by atoms with van der Waals surface area (Å²) in [6.45, 7) is 2.65. The van der Waals surface area contributed by atoms with Crippen molar-refractivity contribution >= 4 is 5.91 Å². The van der Waals surface area contributed by atoms with Crippen molar-refractivity contribution in [2.75, 3.05) is 19.8 Å². The molecule has 2 fully saturated rings. The molecule has 2 rings (SSSR count). The number of hydrogen-bond donors (Lipinski definition) is 9. The largest absolute Gasteiger partial charge is 0.394 e. The molecule has 1 amide bonds. The standard InChI is InChI=1S/C86H143NO13/c1-3-5-7-9-11-13-15-17-19-21-23-25-27-29-31-33-35-37-39-41-43-45-47-49-51-53-55-57-59-61-63-65-67-69-75(90)74(73-97-85-83(96)81(94)84(77(72-89)99-85)100-86-82(95)80(93)79(92)76(71-88)98-86)87-78(91)70-68-66-64-62-60-58-56-54-52-50-48-46-44-42-40-38-36-34-32-30-28-26-24-22-20-18-16-14-12-10-8-6-4-2/h6,8,12,14,18,20,24,26,30,32,36,38,42,44,48,50-51,53-54,56,59-62,67,69,74-77,79-86,88-90,92-96H,3-5,7,9-11,13,15-17,19,21-23,25,27-29,31,33-35,37,39-41,43,45-47,49,52,55,57-58,63-66,68,70-73H2,1-2H3,(H,87,91)/b8-6-,14-12-,20-18-,26-24-,32-30-,38-36-,44-42-,50-48-,53-51+,56-54-,61-59+,62-60-,69-67+. The highest BCUT2D eigenvalue weighted by Gasteiger charge is 2.51. The number of aliphatic hydroxyl groups is 8. The van der Waals surface area contributed by atoms with Gasteiger partial charge in [0.2, 0.25) is 5.91 Å². The Balaban J connectivity index is 1.69. The lowest BCUT2D eigenvalue weighted by molar-refractivity contribution is -0.359. The molecule has 0 aromatic rings. The number of aliphatic hydroxyl groups excluding tert-OH is 8. The molecular formula is C86H143NO13. The zero-order valence-corrected chi connectivity index (χ0v) is 62.4. The first-order valence-corrected chi connectivity index (χ1v) is 39.7. The Labute approximate surface area is 607 Å². The minimum atomic E-state index is -1.81. The number of carbonyl (C=O) groups is 1. The zero-order valence-electron chi connectivity index (χ0n) is 62.4. The van der Waals surface area contributed by atoms with Gasteiger partial charge < -0.3 is 65.1 Å². The van der Waals surface area contributed by atoms with Crippen LogP contribution < -0.4 is 5.32 Å². The molecule has 2 heterocycles. The van der Waals surface area contributed by atoms with E-state index in [9.17, 15) is 45.6 Å². The highest BCUT2D eigenvalue weighted by molar-refractivity contribution is 5.76. The fourth-order valence-electron chi connectivity index (χ4n) is 11.9. The quantitative estimate of drug-likeness (QED) is 0.0204. The number of nitrogens with one attached hydrogen (secondary N) is 1. The predicted octanol–water partition coefficient (Wildman–Crippen LogP) is 18.1. The molecule has 0 bridgehead atoms. The maximum atomic E-state index is 13.4. The van der Waals surface area contributed by atoms with Gasteiger partial charge in [-0.2, -0.15) is 0 Å². The van der Waals surface area contributed by atoms with E-state index < -0.39 is 86.8 Å². The molecule has 12 atom stereocenters. The van der Waals surface area contributed by atoms with E-state index in [-0.39, 0.29) is 18.9 Å². The van der Waals surface area contributed by atoms with Gasteiger partial charge >= 0.3 is 0 Å². The number of ether oxygens (including phenoxy) is 4. The topological polar surface area (TPSA) is 228 Å². The average Bonchev–Trinajstić information content (AvgIpc) is 0.791. The molecular weight excluding hydrogens is 1250 g/mol. The Hall–Kier alpha value is -4.39. The Kier molecular flexibility index (Phi) is 62.1. The van der Waals surface area contributed by atoms with Gasteiger partial charge in [-0.05, 0) is 122 Å². The van der Waals surface area contributed by atoms with Gasteiger partial charge in [-0.15, -0.1) is 0 Å². The number of hydrogen-bond acceptors (Lipinski definition) is 13. The monoisotopic (exact) mass is 1400 g/mol. The van der Waals surface area contributed by atoms with Crippen LogP contribution in [-0.4, -0.2) is 140 Å². The minimum Gasteiger partial charge on any atom is -0.394 e. The summed E-state index contributed by atoms with van der Waals surface area (Å²) in [4.78, 5) is 13.4. The minimum absolute atomic E-state index is 0.204. The molecule has 12 unspecified atom stereocenters. The van der Waals surface area contributed by atoms with Crippen molar-refractivity contribution in [3.05, 3.63) is 158 Å². The second-order valence-corrected chi connectivity index (χ2v) is 27.1. The highest BCUT2D eigenvalue weighted by Crippen LogP contribution is 2.30. The van der Waals surface area contributed by atoms with Gasteiger partial charge in [-0.25, -0.2) is 0 Å². The van der Waals surface area contributed by atoms with Crippen LogP contribution >= 0.6 is 0 Å². The molecule has 14 nitrogen and oxygen atoms in total. The third-order valence-electron chi connectivity index (χ3n) is 18.2. The van der Waals surface area contributed by atoms with Gasteiger partial charge in [0.1, 0.15) is 48.8 Å². The summed E-state index contributed by atoms with van der Waals surface area (Å²) in [5, 5.41) is 87.6. The van der Waals surface area contributed by atoms with Crippen LogP contribution in [-0.2, 0) is 23.7 Å². The maximum absolute atomic E-state index is 13.4. The van der Waals surface area contributed by atoms with Crippen molar-refractivity contribution in [1.82, 2.24) is 5.32 Å². The molecule has 0 aromatic heterocycles. The summed E-state index contributed by atoms with van der Waals surface area (Å²) >= 11 is 0. The lowest BCUT2D eigenvalue weighted by atomic mass is 9.97. The fraction of sp³-hybridized carbons (Fsp3) is 0.686. The lowest BCUT2D eigenvalue weighted by Crippen LogP contribution is -2.65. The Morgan fingerprint density at radius 1 is 0.370 bits per heavy atom.